The molecule has 6 nitrogen and oxygen atoms in total. The Morgan fingerprint density at radius 2 is 1.67 bits per heavy atom. The molecule has 0 aliphatic carbocycles. The van der Waals surface area contributed by atoms with Gasteiger partial charge in [-0.1, -0.05) is 72.3 Å². The van der Waals surface area contributed by atoms with Crippen LogP contribution in [0.1, 0.15) is 16.7 Å². The van der Waals surface area contributed by atoms with Crippen molar-refractivity contribution in [1.82, 2.24) is 15.1 Å². The minimum absolute atomic E-state index is 0.129. The summed E-state index contributed by atoms with van der Waals surface area (Å²) in [5, 5.41) is 3.60. The van der Waals surface area contributed by atoms with Crippen molar-refractivity contribution < 1.29 is 14.3 Å². The molecule has 1 aliphatic rings. The summed E-state index contributed by atoms with van der Waals surface area (Å²) >= 11 is 6.15. The standard InChI is InChI=1S/C26H26ClN3O3/c1-29(17-20-15-22(27)13-14-23(20)33-2)18-30-24(31)26(28-25(30)32,21-11-7-4-8-12-21)16-19-9-5-3-6-10-19/h3-15H,16-18H2,1-2H3,(H,28,32)/t26-/m1/s1. The number of benzene rings is 3. The van der Waals surface area contributed by atoms with E-state index in [1.807, 2.05) is 78.7 Å². The van der Waals surface area contributed by atoms with Gasteiger partial charge in [-0.05, 0) is 36.4 Å². The second kappa shape index (κ2) is 9.65. The van der Waals surface area contributed by atoms with E-state index >= 15 is 0 Å². The third kappa shape index (κ3) is 4.72. The molecule has 1 atom stereocenters. The predicted molar refractivity (Wildman–Crippen MR) is 128 cm³/mol. The van der Waals surface area contributed by atoms with Gasteiger partial charge in [-0.2, -0.15) is 0 Å². The molecular formula is C26H26ClN3O3. The van der Waals surface area contributed by atoms with Crippen LogP contribution in [-0.2, 0) is 23.3 Å². The highest BCUT2D eigenvalue weighted by Gasteiger charge is 2.52. The SMILES string of the molecule is COc1ccc(Cl)cc1CN(C)CN1C(=O)N[C@](Cc2ccccc2)(c2ccccc2)C1=O. The number of urea groups is 1. The van der Waals surface area contributed by atoms with Crippen molar-refractivity contribution in [3.8, 4) is 5.75 Å². The fourth-order valence-corrected chi connectivity index (χ4v) is 4.44. The summed E-state index contributed by atoms with van der Waals surface area (Å²) in [6, 6.07) is 24.1. The summed E-state index contributed by atoms with van der Waals surface area (Å²) in [6.45, 7) is 0.585. The van der Waals surface area contributed by atoms with E-state index in [4.69, 9.17) is 16.3 Å². The van der Waals surface area contributed by atoms with E-state index < -0.39 is 11.6 Å². The number of amides is 3. The van der Waals surface area contributed by atoms with Gasteiger partial charge in [0.1, 0.15) is 5.75 Å². The minimum Gasteiger partial charge on any atom is -0.496 e. The van der Waals surface area contributed by atoms with Crippen molar-refractivity contribution in [1.29, 1.82) is 0 Å². The zero-order valence-electron chi connectivity index (χ0n) is 18.6. The van der Waals surface area contributed by atoms with Crippen LogP contribution >= 0.6 is 11.6 Å². The van der Waals surface area contributed by atoms with Crippen LogP contribution in [0.3, 0.4) is 0 Å². The number of carbonyl (C=O) groups is 2. The number of nitrogens with one attached hydrogen (secondary N) is 1. The van der Waals surface area contributed by atoms with Crippen molar-refractivity contribution in [2.45, 2.75) is 18.5 Å². The molecule has 7 heteroatoms. The van der Waals surface area contributed by atoms with E-state index in [2.05, 4.69) is 5.32 Å². The summed E-state index contributed by atoms with van der Waals surface area (Å²) in [4.78, 5) is 30.0. The monoisotopic (exact) mass is 463 g/mol. The first-order valence-corrected chi connectivity index (χ1v) is 11.1. The quantitative estimate of drug-likeness (QED) is 0.502. The molecule has 1 N–H and O–H groups in total. The first-order valence-electron chi connectivity index (χ1n) is 10.7. The summed E-state index contributed by atoms with van der Waals surface area (Å²) in [6.07, 6.45) is 0.366. The van der Waals surface area contributed by atoms with Gasteiger partial charge >= 0.3 is 6.03 Å². The van der Waals surface area contributed by atoms with Gasteiger partial charge in [-0.15, -0.1) is 0 Å². The molecule has 1 aliphatic heterocycles. The van der Waals surface area contributed by atoms with Gasteiger partial charge in [0, 0.05) is 23.6 Å². The Hall–Kier alpha value is -3.35. The number of halogens is 1. The van der Waals surface area contributed by atoms with E-state index in [9.17, 15) is 9.59 Å². The number of rotatable bonds is 8. The van der Waals surface area contributed by atoms with Gasteiger partial charge in [-0.25, -0.2) is 9.69 Å². The van der Waals surface area contributed by atoms with Gasteiger partial charge in [0.25, 0.3) is 5.91 Å². The molecule has 1 saturated heterocycles. The largest absolute Gasteiger partial charge is 0.496 e. The smallest absolute Gasteiger partial charge is 0.326 e. The Labute approximate surface area is 198 Å². The molecule has 0 saturated carbocycles. The fraction of sp³-hybridized carbons (Fsp3) is 0.231. The Morgan fingerprint density at radius 3 is 2.33 bits per heavy atom. The molecular weight excluding hydrogens is 438 g/mol. The lowest BCUT2D eigenvalue weighted by molar-refractivity contribution is -0.133. The van der Waals surface area contributed by atoms with Gasteiger partial charge in [-0.3, -0.25) is 9.69 Å². The summed E-state index contributed by atoms with van der Waals surface area (Å²) in [5.41, 5.74) is 1.44. The van der Waals surface area contributed by atoms with Gasteiger partial charge < -0.3 is 10.1 Å². The van der Waals surface area contributed by atoms with E-state index in [1.54, 1.807) is 19.2 Å². The fourth-order valence-electron chi connectivity index (χ4n) is 4.25. The Balaban J connectivity index is 1.60. The van der Waals surface area contributed by atoms with Crippen molar-refractivity contribution in [3.05, 3.63) is 101 Å². The van der Waals surface area contributed by atoms with E-state index in [1.165, 1.54) is 4.90 Å². The molecule has 3 aromatic carbocycles. The second-order valence-electron chi connectivity index (χ2n) is 8.21. The topological polar surface area (TPSA) is 61.9 Å². The summed E-state index contributed by atoms with van der Waals surface area (Å²) < 4.78 is 5.43. The average molecular weight is 464 g/mol. The summed E-state index contributed by atoms with van der Waals surface area (Å²) in [5.74, 6) is 0.429. The van der Waals surface area contributed by atoms with E-state index in [0.717, 1.165) is 16.7 Å². The van der Waals surface area contributed by atoms with Gasteiger partial charge in [0.2, 0.25) is 0 Å². The van der Waals surface area contributed by atoms with Crippen LogP contribution < -0.4 is 10.1 Å². The van der Waals surface area contributed by atoms with E-state index in [0.29, 0.717) is 23.7 Å². The molecule has 170 valence electrons. The molecule has 1 heterocycles. The highest BCUT2D eigenvalue weighted by molar-refractivity contribution is 6.30. The van der Waals surface area contributed by atoms with Crippen LogP contribution in [0, 0.1) is 0 Å². The molecule has 33 heavy (non-hydrogen) atoms. The van der Waals surface area contributed by atoms with E-state index in [-0.39, 0.29) is 12.6 Å². The molecule has 0 bridgehead atoms. The van der Waals surface area contributed by atoms with Crippen molar-refractivity contribution >= 4 is 23.5 Å². The molecule has 3 amide bonds. The molecule has 0 aromatic heterocycles. The van der Waals surface area contributed by atoms with Crippen molar-refractivity contribution in [2.24, 2.45) is 0 Å². The highest BCUT2D eigenvalue weighted by Crippen LogP contribution is 2.33. The lowest BCUT2D eigenvalue weighted by atomic mass is 9.83. The van der Waals surface area contributed by atoms with Crippen LogP contribution in [-0.4, -0.2) is 42.6 Å². The first kappa shape index (κ1) is 22.8. The number of hydrogen-bond donors (Lipinski definition) is 1. The van der Waals surface area contributed by atoms with Crippen LogP contribution in [0.25, 0.3) is 0 Å². The van der Waals surface area contributed by atoms with Crippen LogP contribution in [0.15, 0.2) is 78.9 Å². The maximum atomic E-state index is 13.8. The van der Waals surface area contributed by atoms with Crippen molar-refractivity contribution in [2.75, 3.05) is 20.8 Å². The second-order valence-corrected chi connectivity index (χ2v) is 8.65. The zero-order chi connectivity index (χ0) is 23.4. The number of imide groups is 1. The number of hydrogen-bond acceptors (Lipinski definition) is 4. The maximum Gasteiger partial charge on any atom is 0.326 e. The Morgan fingerprint density at radius 1 is 1.00 bits per heavy atom. The third-order valence-corrected chi connectivity index (χ3v) is 6.06. The number of methoxy groups -OCH3 is 1. The molecule has 4 rings (SSSR count). The molecule has 3 aromatic rings. The van der Waals surface area contributed by atoms with Crippen molar-refractivity contribution in [3.63, 3.8) is 0 Å². The van der Waals surface area contributed by atoms with Gasteiger partial charge in [0.05, 0.1) is 13.8 Å². The normalized spacial score (nSPS) is 18.0. The predicted octanol–water partition coefficient (Wildman–Crippen LogP) is 4.43. The number of carbonyl (C=O) groups excluding carboxylic acids is 2. The molecule has 0 unspecified atom stereocenters. The lowest BCUT2D eigenvalue weighted by Crippen LogP contribution is -2.46. The molecule has 0 spiro atoms. The minimum atomic E-state index is -1.16. The molecule has 0 radical (unpaired) electrons. The number of nitrogens with zero attached hydrogens (tertiary/aromatic N) is 2. The highest BCUT2D eigenvalue weighted by atomic mass is 35.5. The lowest BCUT2D eigenvalue weighted by Gasteiger charge is -2.28. The van der Waals surface area contributed by atoms with Gasteiger partial charge in [0.15, 0.2) is 5.54 Å². The first-order chi connectivity index (χ1) is 15.9. The summed E-state index contributed by atoms with van der Waals surface area (Å²) in [7, 11) is 3.45. The average Bonchev–Trinajstić information content (AvgIpc) is 3.05. The Bertz CT molecular complexity index is 1140. The third-order valence-electron chi connectivity index (χ3n) is 5.82. The van der Waals surface area contributed by atoms with Crippen LogP contribution in [0.4, 0.5) is 4.79 Å². The zero-order valence-corrected chi connectivity index (χ0v) is 19.4. The maximum absolute atomic E-state index is 13.8. The number of ether oxygens (including phenoxy) is 1. The molecule has 1 fully saturated rings. The van der Waals surface area contributed by atoms with Crippen LogP contribution in [0.5, 0.6) is 5.75 Å². The van der Waals surface area contributed by atoms with Crippen LogP contribution in [0.2, 0.25) is 5.02 Å². The Kier molecular flexibility index (Phi) is 6.67.